The number of carbonyl (C=O) groups excluding carboxylic acids is 1. The molecule has 2 saturated heterocycles. The van der Waals surface area contributed by atoms with Crippen molar-refractivity contribution in [2.45, 2.75) is 19.4 Å². The Kier molecular flexibility index (Phi) is 3.46. The summed E-state index contributed by atoms with van der Waals surface area (Å²) in [6.45, 7) is 4.47. The third-order valence-corrected chi connectivity index (χ3v) is 4.58. The number of nitrogens with one attached hydrogen (secondary N) is 1. The summed E-state index contributed by atoms with van der Waals surface area (Å²) < 4.78 is 27.1. The molecule has 0 aliphatic carbocycles. The van der Waals surface area contributed by atoms with E-state index in [4.69, 9.17) is 0 Å². The molecule has 5 heteroatoms. The third kappa shape index (κ3) is 2.00. The van der Waals surface area contributed by atoms with Gasteiger partial charge in [-0.2, -0.15) is 0 Å². The van der Waals surface area contributed by atoms with E-state index in [9.17, 15) is 13.6 Å². The van der Waals surface area contributed by atoms with Crippen molar-refractivity contribution in [3.05, 3.63) is 35.4 Å². The second-order valence-corrected chi connectivity index (χ2v) is 5.62. The maximum Gasteiger partial charge on any atom is 0.257 e. The van der Waals surface area contributed by atoms with Crippen LogP contribution >= 0.6 is 0 Å². The minimum Gasteiger partial charge on any atom is -0.335 e. The van der Waals surface area contributed by atoms with E-state index in [1.54, 1.807) is 4.90 Å². The number of amides is 1. The first-order chi connectivity index (χ1) is 9.63. The van der Waals surface area contributed by atoms with E-state index in [1.165, 1.54) is 12.1 Å². The first-order valence-corrected chi connectivity index (χ1v) is 7.09. The van der Waals surface area contributed by atoms with Gasteiger partial charge in [-0.3, -0.25) is 4.79 Å². The highest BCUT2D eigenvalue weighted by Gasteiger charge is 2.45. The van der Waals surface area contributed by atoms with E-state index in [-0.39, 0.29) is 17.5 Å². The van der Waals surface area contributed by atoms with Crippen molar-refractivity contribution in [1.29, 1.82) is 0 Å². The molecular formula is C15H18F2N2O. The molecule has 1 N–H and O–H groups in total. The molecule has 2 heterocycles. The van der Waals surface area contributed by atoms with Gasteiger partial charge in [-0.1, -0.05) is 13.0 Å². The summed E-state index contributed by atoms with van der Waals surface area (Å²) in [6.07, 6.45) is 0.839. The smallest absolute Gasteiger partial charge is 0.257 e. The highest BCUT2D eigenvalue weighted by atomic mass is 19.2. The summed E-state index contributed by atoms with van der Waals surface area (Å²) in [5, 5.41) is 3.34. The monoisotopic (exact) mass is 280 g/mol. The molecule has 20 heavy (non-hydrogen) atoms. The average Bonchev–Trinajstić information content (AvgIpc) is 3.01. The second-order valence-electron chi connectivity index (χ2n) is 5.62. The molecule has 3 unspecified atom stereocenters. The Morgan fingerprint density at radius 3 is 2.95 bits per heavy atom. The lowest BCUT2D eigenvalue weighted by atomic mass is 9.93. The Hall–Kier alpha value is -1.49. The summed E-state index contributed by atoms with van der Waals surface area (Å²) >= 11 is 0. The molecule has 0 radical (unpaired) electrons. The van der Waals surface area contributed by atoms with Crippen LogP contribution in [0.1, 0.15) is 23.7 Å². The highest BCUT2D eigenvalue weighted by molar-refractivity contribution is 5.95. The minimum absolute atomic E-state index is 0.116. The van der Waals surface area contributed by atoms with E-state index in [0.29, 0.717) is 18.4 Å². The zero-order chi connectivity index (χ0) is 14.3. The first kappa shape index (κ1) is 13.5. The van der Waals surface area contributed by atoms with E-state index < -0.39 is 11.6 Å². The first-order valence-electron chi connectivity index (χ1n) is 7.09. The van der Waals surface area contributed by atoms with Gasteiger partial charge in [0.05, 0.1) is 5.56 Å². The van der Waals surface area contributed by atoms with E-state index in [0.717, 1.165) is 25.6 Å². The van der Waals surface area contributed by atoms with Crippen LogP contribution in [0.3, 0.4) is 0 Å². The van der Waals surface area contributed by atoms with Crippen LogP contribution in [0.2, 0.25) is 0 Å². The molecule has 1 aromatic rings. The Labute approximate surface area is 117 Å². The number of halogens is 2. The quantitative estimate of drug-likeness (QED) is 0.899. The molecule has 2 aliphatic heterocycles. The summed E-state index contributed by atoms with van der Waals surface area (Å²) in [5.74, 6) is -1.53. The molecule has 3 rings (SSSR count). The van der Waals surface area contributed by atoms with Gasteiger partial charge in [0.15, 0.2) is 11.6 Å². The number of benzene rings is 1. The van der Waals surface area contributed by atoms with Gasteiger partial charge in [-0.15, -0.1) is 0 Å². The van der Waals surface area contributed by atoms with Crippen molar-refractivity contribution < 1.29 is 13.6 Å². The lowest BCUT2D eigenvalue weighted by Crippen LogP contribution is -2.40. The van der Waals surface area contributed by atoms with Crippen molar-refractivity contribution in [2.24, 2.45) is 11.8 Å². The molecule has 0 saturated carbocycles. The van der Waals surface area contributed by atoms with Gasteiger partial charge < -0.3 is 10.2 Å². The molecule has 1 amide bonds. The molecule has 0 bridgehead atoms. The number of likely N-dealkylation sites (tertiary alicyclic amines) is 1. The lowest BCUT2D eigenvalue weighted by Gasteiger charge is -2.27. The number of fused-ring (bicyclic) bond motifs is 1. The van der Waals surface area contributed by atoms with Crippen LogP contribution in [0.5, 0.6) is 0 Å². The zero-order valence-electron chi connectivity index (χ0n) is 11.4. The van der Waals surface area contributed by atoms with Crippen LogP contribution in [-0.4, -0.2) is 36.5 Å². The van der Waals surface area contributed by atoms with Gasteiger partial charge >= 0.3 is 0 Å². The van der Waals surface area contributed by atoms with Crippen molar-refractivity contribution in [3.63, 3.8) is 0 Å². The van der Waals surface area contributed by atoms with E-state index in [2.05, 4.69) is 5.32 Å². The van der Waals surface area contributed by atoms with Gasteiger partial charge in [0, 0.05) is 25.7 Å². The van der Waals surface area contributed by atoms with Crippen molar-refractivity contribution in [3.8, 4) is 0 Å². The molecule has 2 fully saturated rings. The molecular weight excluding hydrogens is 262 g/mol. The number of rotatable bonds is 2. The molecule has 3 nitrogen and oxygen atoms in total. The van der Waals surface area contributed by atoms with Gasteiger partial charge in [-0.25, -0.2) is 8.78 Å². The maximum absolute atomic E-state index is 13.8. The fraction of sp³-hybridized carbons (Fsp3) is 0.533. The van der Waals surface area contributed by atoms with Crippen LogP contribution in [-0.2, 0) is 0 Å². The SMILES string of the molecule is CCC1C2CNCC2CN1C(=O)c1cccc(F)c1F. The fourth-order valence-corrected chi connectivity index (χ4v) is 3.60. The summed E-state index contributed by atoms with van der Waals surface area (Å²) in [4.78, 5) is 14.2. The topological polar surface area (TPSA) is 32.3 Å². The Balaban J connectivity index is 1.89. The molecule has 0 spiro atoms. The molecule has 108 valence electrons. The van der Waals surface area contributed by atoms with Gasteiger partial charge in [0.1, 0.15) is 0 Å². The molecule has 0 aromatic heterocycles. The Morgan fingerprint density at radius 1 is 1.40 bits per heavy atom. The van der Waals surface area contributed by atoms with Gasteiger partial charge in [-0.05, 0) is 30.4 Å². The summed E-state index contributed by atoms with van der Waals surface area (Å²) in [6, 6.07) is 3.89. The average molecular weight is 280 g/mol. The van der Waals surface area contributed by atoms with Gasteiger partial charge in [0.2, 0.25) is 0 Å². The third-order valence-electron chi connectivity index (χ3n) is 4.58. The maximum atomic E-state index is 13.8. The van der Waals surface area contributed by atoms with Crippen molar-refractivity contribution >= 4 is 5.91 Å². The van der Waals surface area contributed by atoms with Crippen molar-refractivity contribution in [2.75, 3.05) is 19.6 Å². The largest absolute Gasteiger partial charge is 0.335 e. The molecule has 3 atom stereocenters. The Morgan fingerprint density at radius 2 is 2.20 bits per heavy atom. The predicted octanol–water partition coefficient (Wildman–Crippen LogP) is 2.03. The van der Waals surface area contributed by atoms with Gasteiger partial charge in [0.25, 0.3) is 5.91 Å². The predicted molar refractivity (Wildman–Crippen MR) is 71.3 cm³/mol. The van der Waals surface area contributed by atoms with E-state index in [1.807, 2.05) is 6.92 Å². The normalized spacial score (nSPS) is 28.8. The second kappa shape index (κ2) is 5.13. The van der Waals surface area contributed by atoms with Crippen molar-refractivity contribution in [1.82, 2.24) is 10.2 Å². The number of hydrogen-bond donors (Lipinski definition) is 1. The number of hydrogen-bond acceptors (Lipinski definition) is 2. The molecule has 1 aromatic carbocycles. The van der Waals surface area contributed by atoms with Crippen LogP contribution in [0.15, 0.2) is 18.2 Å². The van der Waals surface area contributed by atoms with Crippen LogP contribution in [0.25, 0.3) is 0 Å². The van der Waals surface area contributed by atoms with E-state index >= 15 is 0 Å². The van der Waals surface area contributed by atoms with Crippen LogP contribution in [0.4, 0.5) is 8.78 Å². The van der Waals surface area contributed by atoms with Crippen LogP contribution < -0.4 is 5.32 Å². The zero-order valence-corrected chi connectivity index (χ0v) is 11.4. The fourth-order valence-electron chi connectivity index (χ4n) is 3.60. The van der Waals surface area contributed by atoms with Crippen LogP contribution in [0, 0.1) is 23.5 Å². The lowest BCUT2D eigenvalue weighted by molar-refractivity contribution is 0.0705. The number of carbonyl (C=O) groups is 1. The summed E-state index contributed by atoms with van der Waals surface area (Å²) in [7, 11) is 0. The minimum atomic E-state index is -1.04. The highest BCUT2D eigenvalue weighted by Crippen LogP contribution is 2.35. The standard InChI is InChI=1S/C15H18F2N2O/c1-2-13-11-7-18-6-9(11)8-19(13)15(20)10-4-3-5-12(16)14(10)17/h3-5,9,11,13,18H,2,6-8H2,1H3. The molecule has 2 aliphatic rings. The number of nitrogens with zero attached hydrogens (tertiary/aromatic N) is 1. The summed E-state index contributed by atoms with van der Waals surface area (Å²) in [5.41, 5.74) is -0.156. The Bertz CT molecular complexity index is 535.